The molecular formula is C13H17N3O4. The standard InChI is InChI=1S/C13H17N3O4/c1-9(2)19-8-11(17)7-16-12(15-20-13(16)18)10-4-3-5-14-6-10/h3-6,9,11,17H,7-8H2,1-2H3/t11-/m1/s1. The van der Waals surface area contributed by atoms with Gasteiger partial charge in [0, 0.05) is 18.0 Å². The van der Waals surface area contributed by atoms with Crippen molar-refractivity contribution in [2.24, 2.45) is 0 Å². The Morgan fingerprint density at radius 3 is 2.95 bits per heavy atom. The fourth-order valence-corrected chi connectivity index (χ4v) is 1.70. The van der Waals surface area contributed by atoms with Gasteiger partial charge in [0.1, 0.15) is 0 Å². The SMILES string of the molecule is CC(C)OC[C@H](O)Cn1c(-c2cccnc2)noc1=O. The molecule has 0 saturated heterocycles. The van der Waals surface area contributed by atoms with Gasteiger partial charge in [0.15, 0.2) is 5.82 Å². The number of hydrogen-bond donors (Lipinski definition) is 1. The van der Waals surface area contributed by atoms with E-state index in [9.17, 15) is 9.90 Å². The molecule has 0 fully saturated rings. The van der Waals surface area contributed by atoms with E-state index in [-0.39, 0.29) is 19.3 Å². The second-order valence-corrected chi connectivity index (χ2v) is 4.66. The monoisotopic (exact) mass is 279 g/mol. The highest BCUT2D eigenvalue weighted by Crippen LogP contribution is 2.14. The lowest BCUT2D eigenvalue weighted by molar-refractivity contribution is -0.00119. The molecule has 7 nitrogen and oxygen atoms in total. The Morgan fingerprint density at radius 1 is 1.50 bits per heavy atom. The van der Waals surface area contributed by atoms with Gasteiger partial charge in [-0.15, -0.1) is 0 Å². The molecule has 20 heavy (non-hydrogen) atoms. The topological polar surface area (TPSA) is 90.4 Å². The van der Waals surface area contributed by atoms with Crippen LogP contribution in [0.2, 0.25) is 0 Å². The van der Waals surface area contributed by atoms with Crippen LogP contribution in [0.3, 0.4) is 0 Å². The van der Waals surface area contributed by atoms with Gasteiger partial charge in [-0.05, 0) is 26.0 Å². The minimum atomic E-state index is -0.815. The lowest BCUT2D eigenvalue weighted by atomic mass is 10.2. The molecule has 0 radical (unpaired) electrons. The van der Waals surface area contributed by atoms with Crippen molar-refractivity contribution in [2.45, 2.75) is 32.6 Å². The highest BCUT2D eigenvalue weighted by Gasteiger charge is 2.16. The number of aliphatic hydroxyl groups excluding tert-OH is 1. The zero-order valence-electron chi connectivity index (χ0n) is 11.4. The largest absolute Gasteiger partial charge is 0.441 e. The van der Waals surface area contributed by atoms with Crippen LogP contribution < -0.4 is 5.76 Å². The first-order valence-electron chi connectivity index (χ1n) is 6.34. The summed E-state index contributed by atoms with van der Waals surface area (Å²) in [4.78, 5) is 15.6. The molecule has 1 atom stereocenters. The molecule has 0 bridgehead atoms. The zero-order chi connectivity index (χ0) is 14.5. The van der Waals surface area contributed by atoms with Gasteiger partial charge in [-0.2, -0.15) is 0 Å². The Labute approximate surface area is 115 Å². The molecule has 0 aromatic carbocycles. The molecule has 7 heteroatoms. The molecule has 0 saturated carbocycles. The molecule has 0 aliphatic carbocycles. The molecule has 2 aromatic heterocycles. The molecule has 0 aliphatic rings. The van der Waals surface area contributed by atoms with Crippen LogP contribution in [0.15, 0.2) is 33.8 Å². The summed E-state index contributed by atoms with van der Waals surface area (Å²) in [5.41, 5.74) is 0.648. The van der Waals surface area contributed by atoms with Gasteiger partial charge in [-0.1, -0.05) is 5.16 Å². The number of ether oxygens (including phenoxy) is 1. The first kappa shape index (κ1) is 14.4. The predicted molar refractivity (Wildman–Crippen MR) is 71.1 cm³/mol. The number of aromatic nitrogens is 3. The van der Waals surface area contributed by atoms with Gasteiger partial charge in [0.05, 0.1) is 25.4 Å². The van der Waals surface area contributed by atoms with Crippen molar-refractivity contribution in [3.05, 3.63) is 35.1 Å². The van der Waals surface area contributed by atoms with Gasteiger partial charge in [0.2, 0.25) is 0 Å². The maximum absolute atomic E-state index is 11.6. The number of aliphatic hydroxyl groups is 1. The molecule has 1 N–H and O–H groups in total. The molecule has 0 unspecified atom stereocenters. The van der Waals surface area contributed by atoms with Crippen molar-refractivity contribution in [3.63, 3.8) is 0 Å². The quantitative estimate of drug-likeness (QED) is 0.836. The minimum absolute atomic E-state index is 0.0154. The third kappa shape index (κ3) is 3.52. The molecule has 2 heterocycles. The van der Waals surface area contributed by atoms with E-state index in [0.717, 1.165) is 0 Å². The fourth-order valence-electron chi connectivity index (χ4n) is 1.70. The lowest BCUT2D eigenvalue weighted by Crippen LogP contribution is -2.28. The van der Waals surface area contributed by atoms with Crippen LogP contribution in [0.4, 0.5) is 0 Å². The molecule has 0 amide bonds. The van der Waals surface area contributed by atoms with Gasteiger partial charge in [-0.3, -0.25) is 14.1 Å². The summed E-state index contributed by atoms with van der Waals surface area (Å²) in [6.07, 6.45) is 2.40. The normalized spacial score (nSPS) is 12.8. The summed E-state index contributed by atoms with van der Waals surface area (Å²) in [5.74, 6) is -0.279. The van der Waals surface area contributed by atoms with E-state index in [0.29, 0.717) is 11.4 Å². The summed E-state index contributed by atoms with van der Waals surface area (Å²) >= 11 is 0. The van der Waals surface area contributed by atoms with Crippen LogP contribution in [0.1, 0.15) is 13.8 Å². The van der Waals surface area contributed by atoms with E-state index in [1.807, 2.05) is 13.8 Å². The van der Waals surface area contributed by atoms with Crippen LogP contribution in [0.25, 0.3) is 11.4 Å². The summed E-state index contributed by atoms with van der Waals surface area (Å²) in [6.45, 7) is 3.94. The average molecular weight is 279 g/mol. The Kier molecular flexibility index (Phi) is 4.65. The van der Waals surface area contributed by atoms with Gasteiger partial charge in [0.25, 0.3) is 0 Å². The molecular weight excluding hydrogens is 262 g/mol. The predicted octanol–water partition coefficient (Wildman–Crippen LogP) is 0.684. The third-order valence-electron chi connectivity index (χ3n) is 2.62. The minimum Gasteiger partial charge on any atom is -0.389 e. The summed E-state index contributed by atoms with van der Waals surface area (Å²) in [6, 6.07) is 3.49. The van der Waals surface area contributed by atoms with Crippen LogP contribution in [0, 0.1) is 0 Å². The third-order valence-corrected chi connectivity index (χ3v) is 2.62. The number of rotatable bonds is 6. The van der Waals surface area contributed by atoms with E-state index in [1.54, 1.807) is 24.5 Å². The summed E-state index contributed by atoms with van der Waals surface area (Å²) in [5, 5.41) is 13.6. The van der Waals surface area contributed by atoms with Crippen LogP contribution >= 0.6 is 0 Å². The van der Waals surface area contributed by atoms with Crippen LogP contribution in [0.5, 0.6) is 0 Å². The smallest absolute Gasteiger partial charge is 0.389 e. The van der Waals surface area contributed by atoms with Gasteiger partial charge < -0.3 is 9.84 Å². The molecule has 2 aromatic rings. The lowest BCUT2D eigenvalue weighted by Gasteiger charge is -2.14. The summed E-state index contributed by atoms with van der Waals surface area (Å²) in [7, 11) is 0. The highest BCUT2D eigenvalue weighted by atomic mass is 16.5. The van der Waals surface area contributed by atoms with E-state index in [1.165, 1.54) is 4.57 Å². The first-order valence-corrected chi connectivity index (χ1v) is 6.34. The van der Waals surface area contributed by atoms with Crippen molar-refractivity contribution in [1.82, 2.24) is 14.7 Å². The highest BCUT2D eigenvalue weighted by molar-refractivity contribution is 5.52. The van der Waals surface area contributed by atoms with Crippen molar-refractivity contribution in [2.75, 3.05) is 6.61 Å². The van der Waals surface area contributed by atoms with Gasteiger partial charge >= 0.3 is 5.76 Å². The van der Waals surface area contributed by atoms with E-state index in [2.05, 4.69) is 14.7 Å². The Hall–Kier alpha value is -1.99. The molecule has 2 rings (SSSR count). The molecule has 108 valence electrons. The van der Waals surface area contributed by atoms with E-state index in [4.69, 9.17) is 4.74 Å². The Bertz CT molecular complexity index is 591. The Morgan fingerprint density at radius 2 is 2.30 bits per heavy atom. The summed E-state index contributed by atoms with van der Waals surface area (Å²) < 4.78 is 11.2. The van der Waals surface area contributed by atoms with Crippen molar-refractivity contribution >= 4 is 0 Å². The molecule has 0 aliphatic heterocycles. The average Bonchev–Trinajstić information content (AvgIpc) is 2.79. The number of pyridine rings is 1. The van der Waals surface area contributed by atoms with E-state index < -0.39 is 11.9 Å². The van der Waals surface area contributed by atoms with Crippen LogP contribution in [-0.2, 0) is 11.3 Å². The maximum Gasteiger partial charge on any atom is 0.441 e. The zero-order valence-corrected chi connectivity index (χ0v) is 11.4. The van der Waals surface area contributed by atoms with Crippen molar-refractivity contribution < 1.29 is 14.4 Å². The van der Waals surface area contributed by atoms with Crippen molar-refractivity contribution in [3.8, 4) is 11.4 Å². The van der Waals surface area contributed by atoms with Crippen LogP contribution in [-0.4, -0.2) is 38.6 Å². The second-order valence-electron chi connectivity index (χ2n) is 4.66. The second kappa shape index (κ2) is 6.44. The first-order chi connectivity index (χ1) is 9.58. The van der Waals surface area contributed by atoms with E-state index >= 15 is 0 Å². The number of nitrogens with zero attached hydrogens (tertiary/aromatic N) is 3. The van der Waals surface area contributed by atoms with Gasteiger partial charge in [-0.25, -0.2) is 4.79 Å². The maximum atomic E-state index is 11.6. The number of hydrogen-bond acceptors (Lipinski definition) is 6. The fraction of sp³-hybridized carbons (Fsp3) is 0.462. The Balaban J connectivity index is 2.16. The van der Waals surface area contributed by atoms with Crippen molar-refractivity contribution in [1.29, 1.82) is 0 Å². The molecule has 0 spiro atoms.